The maximum Gasteiger partial charge on any atom is 0.326 e. The van der Waals surface area contributed by atoms with Gasteiger partial charge < -0.3 is 14.9 Å². The molecule has 0 aromatic heterocycles. The van der Waals surface area contributed by atoms with Gasteiger partial charge in [-0.1, -0.05) is 31.0 Å². The average molecular weight is 370 g/mol. The molecule has 2 amide bonds. The summed E-state index contributed by atoms with van der Waals surface area (Å²) in [7, 11) is 0. The van der Waals surface area contributed by atoms with Crippen LogP contribution < -0.4 is 4.90 Å². The number of carbonyl (C=O) groups is 3. The number of aryl methyl sites for hydroxylation is 1. The highest BCUT2D eigenvalue weighted by molar-refractivity contribution is 5.97. The average Bonchev–Trinajstić information content (AvgIpc) is 3.07. The van der Waals surface area contributed by atoms with E-state index in [0.717, 1.165) is 43.4 Å². The Balaban J connectivity index is 1.48. The molecule has 2 fully saturated rings. The molecule has 1 N–H and O–H groups in total. The predicted molar refractivity (Wildman–Crippen MR) is 100 cm³/mol. The second kappa shape index (κ2) is 7.33. The fourth-order valence-corrected chi connectivity index (χ4v) is 5.12. The van der Waals surface area contributed by atoms with Crippen LogP contribution in [0.1, 0.15) is 50.5 Å². The van der Waals surface area contributed by atoms with Crippen LogP contribution in [0.15, 0.2) is 24.3 Å². The van der Waals surface area contributed by atoms with Crippen molar-refractivity contribution in [1.29, 1.82) is 0 Å². The summed E-state index contributed by atoms with van der Waals surface area (Å²) in [5, 5.41) is 9.61. The number of rotatable bonds is 4. The van der Waals surface area contributed by atoms with Crippen molar-refractivity contribution >= 4 is 23.5 Å². The van der Waals surface area contributed by atoms with E-state index in [0.29, 0.717) is 25.3 Å². The van der Waals surface area contributed by atoms with Crippen LogP contribution >= 0.6 is 0 Å². The third-order valence-corrected chi connectivity index (χ3v) is 6.40. The number of anilines is 1. The lowest BCUT2D eigenvalue weighted by atomic mass is 9.84. The van der Waals surface area contributed by atoms with E-state index in [9.17, 15) is 19.5 Å². The fourth-order valence-electron chi connectivity index (χ4n) is 5.12. The van der Waals surface area contributed by atoms with Gasteiger partial charge in [0.1, 0.15) is 6.04 Å². The maximum atomic E-state index is 13.0. The van der Waals surface area contributed by atoms with E-state index >= 15 is 0 Å². The third-order valence-electron chi connectivity index (χ3n) is 6.40. The van der Waals surface area contributed by atoms with Crippen molar-refractivity contribution in [3.63, 3.8) is 0 Å². The molecule has 2 aliphatic heterocycles. The summed E-state index contributed by atoms with van der Waals surface area (Å²) in [5.74, 6) is -0.695. The Kier molecular flexibility index (Phi) is 4.89. The topological polar surface area (TPSA) is 77.9 Å². The number of carboxylic acids is 1. The second-order valence-corrected chi connectivity index (χ2v) is 7.93. The number of carboxylic acid groups (broad SMARTS) is 1. The van der Waals surface area contributed by atoms with Gasteiger partial charge in [-0.25, -0.2) is 4.79 Å². The SMILES string of the molecule is O=C(O)C1CC2CCCCC2N1C(=O)CCN1C(=O)CCc2ccccc21. The Morgan fingerprint density at radius 3 is 2.70 bits per heavy atom. The van der Waals surface area contributed by atoms with Crippen LogP contribution in [0.3, 0.4) is 0 Å². The smallest absolute Gasteiger partial charge is 0.326 e. The molecule has 0 spiro atoms. The molecule has 1 saturated carbocycles. The van der Waals surface area contributed by atoms with Gasteiger partial charge in [-0.3, -0.25) is 9.59 Å². The molecule has 1 aromatic rings. The molecule has 1 saturated heterocycles. The van der Waals surface area contributed by atoms with Crippen molar-refractivity contribution in [2.45, 2.75) is 63.5 Å². The highest BCUT2D eigenvalue weighted by atomic mass is 16.4. The summed E-state index contributed by atoms with van der Waals surface area (Å²) in [6, 6.07) is 7.14. The molecule has 0 radical (unpaired) electrons. The molecule has 1 aliphatic carbocycles. The van der Waals surface area contributed by atoms with Gasteiger partial charge in [0, 0.05) is 31.1 Å². The van der Waals surface area contributed by atoms with Crippen LogP contribution in [0.2, 0.25) is 0 Å². The van der Waals surface area contributed by atoms with Crippen molar-refractivity contribution < 1.29 is 19.5 Å². The lowest BCUT2D eigenvalue weighted by molar-refractivity contribution is -0.149. The summed E-state index contributed by atoms with van der Waals surface area (Å²) in [6.45, 7) is 0.314. The summed E-state index contributed by atoms with van der Waals surface area (Å²) in [5.41, 5.74) is 2.01. The molecule has 1 aromatic carbocycles. The van der Waals surface area contributed by atoms with Crippen LogP contribution in [0, 0.1) is 5.92 Å². The van der Waals surface area contributed by atoms with Gasteiger partial charge in [0.15, 0.2) is 0 Å². The van der Waals surface area contributed by atoms with Crippen molar-refractivity contribution in [3.05, 3.63) is 29.8 Å². The van der Waals surface area contributed by atoms with E-state index in [2.05, 4.69) is 0 Å². The van der Waals surface area contributed by atoms with E-state index in [4.69, 9.17) is 0 Å². The van der Waals surface area contributed by atoms with Gasteiger partial charge >= 0.3 is 5.97 Å². The zero-order valence-electron chi connectivity index (χ0n) is 15.5. The van der Waals surface area contributed by atoms with Gasteiger partial charge in [-0.2, -0.15) is 0 Å². The number of hydrogen-bond donors (Lipinski definition) is 1. The van der Waals surface area contributed by atoms with Gasteiger partial charge in [0.2, 0.25) is 11.8 Å². The Morgan fingerprint density at radius 1 is 1.11 bits per heavy atom. The Morgan fingerprint density at radius 2 is 1.89 bits per heavy atom. The summed E-state index contributed by atoms with van der Waals surface area (Å²) in [6.07, 6.45) is 6.00. The van der Waals surface area contributed by atoms with Crippen LogP contribution in [0.4, 0.5) is 5.69 Å². The molecule has 144 valence electrons. The standard InChI is InChI=1S/C21H26N2O4/c24-19-10-9-14-5-1-3-7-16(14)22(19)12-11-20(25)23-17-8-4-2-6-15(17)13-18(23)21(26)27/h1,3,5,7,15,17-18H,2,4,6,8-13H2,(H,26,27). The Bertz CT molecular complexity index is 762. The monoisotopic (exact) mass is 370 g/mol. The Labute approximate surface area is 159 Å². The molecule has 3 aliphatic rings. The minimum Gasteiger partial charge on any atom is -0.480 e. The van der Waals surface area contributed by atoms with E-state index in [1.54, 1.807) is 9.80 Å². The van der Waals surface area contributed by atoms with Crippen molar-refractivity contribution in [2.24, 2.45) is 5.92 Å². The van der Waals surface area contributed by atoms with Crippen LogP contribution in [0.25, 0.3) is 0 Å². The van der Waals surface area contributed by atoms with Crippen molar-refractivity contribution in [3.8, 4) is 0 Å². The number of likely N-dealkylation sites (tertiary alicyclic amines) is 1. The zero-order valence-corrected chi connectivity index (χ0v) is 15.5. The number of amides is 2. The van der Waals surface area contributed by atoms with E-state index in [1.165, 1.54) is 0 Å². The minimum atomic E-state index is -0.905. The third kappa shape index (κ3) is 3.33. The number of para-hydroxylation sites is 1. The molecule has 4 rings (SSSR count). The first-order valence-corrected chi connectivity index (χ1v) is 9.98. The number of fused-ring (bicyclic) bond motifs is 2. The first-order chi connectivity index (χ1) is 13.1. The van der Waals surface area contributed by atoms with Crippen LogP contribution in [0.5, 0.6) is 0 Å². The highest BCUT2D eigenvalue weighted by Crippen LogP contribution is 2.40. The normalized spacial score (nSPS) is 27.3. The van der Waals surface area contributed by atoms with E-state index in [1.807, 2.05) is 24.3 Å². The molecule has 3 atom stereocenters. The predicted octanol–water partition coefficient (Wildman–Crippen LogP) is 2.60. The first-order valence-electron chi connectivity index (χ1n) is 9.98. The van der Waals surface area contributed by atoms with Crippen LogP contribution in [-0.2, 0) is 20.8 Å². The molecule has 6 nitrogen and oxygen atoms in total. The molecule has 6 heteroatoms. The molecule has 2 heterocycles. The molecule has 3 unspecified atom stereocenters. The van der Waals surface area contributed by atoms with Gasteiger partial charge in [-0.15, -0.1) is 0 Å². The summed E-state index contributed by atoms with van der Waals surface area (Å²) >= 11 is 0. The molecular weight excluding hydrogens is 344 g/mol. The van der Waals surface area contributed by atoms with Gasteiger partial charge in [0.25, 0.3) is 0 Å². The summed E-state index contributed by atoms with van der Waals surface area (Å²) in [4.78, 5) is 40.4. The largest absolute Gasteiger partial charge is 0.480 e. The lowest BCUT2D eigenvalue weighted by Crippen LogP contribution is -2.47. The number of benzene rings is 1. The minimum absolute atomic E-state index is 0.0354. The zero-order chi connectivity index (χ0) is 19.0. The van der Waals surface area contributed by atoms with E-state index in [-0.39, 0.29) is 24.3 Å². The van der Waals surface area contributed by atoms with Gasteiger partial charge in [0.05, 0.1) is 0 Å². The second-order valence-electron chi connectivity index (χ2n) is 7.93. The van der Waals surface area contributed by atoms with Crippen LogP contribution in [-0.4, -0.2) is 46.4 Å². The number of hydrogen-bond acceptors (Lipinski definition) is 3. The summed E-state index contributed by atoms with van der Waals surface area (Å²) < 4.78 is 0. The lowest BCUT2D eigenvalue weighted by Gasteiger charge is -2.34. The van der Waals surface area contributed by atoms with Crippen molar-refractivity contribution in [1.82, 2.24) is 4.90 Å². The number of nitrogens with zero attached hydrogens (tertiary/aromatic N) is 2. The van der Waals surface area contributed by atoms with Gasteiger partial charge in [-0.05, 0) is 43.2 Å². The fraction of sp³-hybridized carbons (Fsp3) is 0.571. The number of aliphatic carboxylic acids is 1. The molecule has 27 heavy (non-hydrogen) atoms. The number of carbonyl (C=O) groups excluding carboxylic acids is 2. The van der Waals surface area contributed by atoms with E-state index < -0.39 is 12.0 Å². The highest BCUT2D eigenvalue weighted by Gasteiger charge is 2.47. The Hall–Kier alpha value is -2.37. The first kappa shape index (κ1) is 18.0. The quantitative estimate of drug-likeness (QED) is 0.884. The van der Waals surface area contributed by atoms with Crippen molar-refractivity contribution in [2.75, 3.05) is 11.4 Å². The molecule has 0 bridgehead atoms. The maximum absolute atomic E-state index is 13.0. The molecular formula is C21H26N2O4.